The Kier molecular flexibility index (Phi) is 5.60. The third-order valence-corrected chi connectivity index (χ3v) is 8.22. The number of ketones is 4. The summed E-state index contributed by atoms with van der Waals surface area (Å²) in [6.45, 7) is 3.87. The number of primary amides is 1. The molecule has 2 aromatic rings. The molecular formula is C28H27NO8. The van der Waals surface area contributed by atoms with E-state index in [-0.39, 0.29) is 42.2 Å². The van der Waals surface area contributed by atoms with E-state index >= 15 is 0 Å². The number of nitrogens with two attached hydrogens (primary N) is 1. The topological polar surface area (TPSA) is 172 Å². The third-order valence-electron chi connectivity index (χ3n) is 8.22. The van der Waals surface area contributed by atoms with Gasteiger partial charge >= 0.3 is 0 Å². The van der Waals surface area contributed by atoms with Crippen LogP contribution in [-0.4, -0.2) is 50.0 Å². The molecule has 9 heteroatoms. The van der Waals surface area contributed by atoms with Gasteiger partial charge in [-0.1, -0.05) is 26.0 Å². The lowest BCUT2D eigenvalue weighted by Gasteiger charge is -2.48. The molecule has 0 bridgehead atoms. The summed E-state index contributed by atoms with van der Waals surface area (Å²) in [5.74, 6) is -10.5. The minimum absolute atomic E-state index is 0.0304. The van der Waals surface area contributed by atoms with Crippen molar-refractivity contribution in [2.45, 2.75) is 44.6 Å². The third kappa shape index (κ3) is 3.44. The standard InChI is InChI=1S/C28H27NO8/c1-11(2)16-10-17(12-4-3-5-15(30)7-12)23(32)21-18(16)8-13-6-14-9-19(31)22(27(29)36)26(35)28(14,37)25(34)20(13)24(21)33/h3-5,7,10-11,13-14,20,22,30,32,37H,6,8-9H2,1-2H3,(H2,29,36)/t13-,14+,20?,22?,28+/m1/s1. The van der Waals surface area contributed by atoms with Crippen molar-refractivity contribution < 1.29 is 39.3 Å². The molecule has 2 saturated carbocycles. The van der Waals surface area contributed by atoms with Crippen molar-refractivity contribution in [2.75, 3.05) is 0 Å². The summed E-state index contributed by atoms with van der Waals surface area (Å²) >= 11 is 0. The maximum atomic E-state index is 13.9. The van der Waals surface area contributed by atoms with Crippen LogP contribution in [0.25, 0.3) is 11.1 Å². The lowest BCUT2D eigenvalue weighted by Crippen LogP contribution is -2.68. The van der Waals surface area contributed by atoms with Gasteiger partial charge in [-0.25, -0.2) is 0 Å². The van der Waals surface area contributed by atoms with Crippen LogP contribution < -0.4 is 5.73 Å². The number of rotatable bonds is 3. The van der Waals surface area contributed by atoms with Crippen LogP contribution >= 0.6 is 0 Å². The monoisotopic (exact) mass is 505 g/mol. The Bertz CT molecular complexity index is 1410. The second kappa shape index (κ2) is 8.34. The number of carbonyl (C=O) groups is 5. The molecule has 192 valence electrons. The first-order valence-electron chi connectivity index (χ1n) is 12.2. The molecular weight excluding hydrogens is 478 g/mol. The van der Waals surface area contributed by atoms with Gasteiger partial charge in [0.2, 0.25) is 5.91 Å². The van der Waals surface area contributed by atoms with Gasteiger partial charge in [0, 0.05) is 17.9 Å². The summed E-state index contributed by atoms with van der Waals surface area (Å²) in [4.78, 5) is 64.9. The summed E-state index contributed by atoms with van der Waals surface area (Å²) in [7, 11) is 0. The highest BCUT2D eigenvalue weighted by Gasteiger charge is 2.66. The van der Waals surface area contributed by atoms with Crippen LogP contribution in [0.15, 0.2) is 30.3 Å². The molecule has 3 aliphatic rings. The average molecular weight is 506 g/mol. The molecule has 0 heterocycles. The highest BCUT2D eigenvalue weighted by molar-refractivity contribution is 6.31. The van der Waals surface area contributed by atoms with Crippen molar-refractivity contribution >= 4 is 29.0 Å². The van der Waals surface area contributed by atoms with Crippen LogP contribution in [-0.2, 0) is 25.6 Å². The van der Waals surface area contributed by atoms with Crippen molar-refractivity contribution in [1.82, 2.24) is 0 Å². The Morgan fingerprint density at radius 1 is 1.05 bits per heavy atom. The largest absolute Gasteiger partial charge is 0.508 e. The Hall–Kier alpha value is -3.85. The smallest absolute Gasteiger partial charge is 0.235 e. The fraction of sp³-hybridized carbons (Fsp3) is 0.393. The predicted molar refractivity (Wildman–Crippen MR) is 130 cm³/mol. The van der Waals surface area contributed by atoms with E-state index < -0.39 is 58.3 Å². The second-order valence-corrected chi connectivity index (χ2v) is 10.7. The van der Waals surface area contributed by atoms with E-state index in [1.165, 1.54) is 12.1 Å². The van der Waals surface area contributed by atoms with Gasteiger partial charge in [-0.05, 0) is 59.6 Å². The number of phenols is 2. The van der Waals surface area contributed by atoms with Gasteiger partial charge in [-0.2, -0.15) is 0 Å². The lowest BCUT2D eigenvalue weighted by atomic mass is 9.53. The molecule has 0 saturated heterocycles. The average Bonchev–Trinajstić information content (AvgIpc) is 2.81. The van der Waals surface area contributed by atoms with Crippen molar-refractivity contribution in [2.24, 2.45) is 29.4 Å². The van der Waals surface area contributed by atoms with Gasteiger partial charge < -0.3 is 21.1 Å². The van der Waals surface area contributed by atoms with Gasteiger partial charge in [-0.15, -0.1) is 0 Å². The Morgan fingerprint density at radius 3 is 2.38 bits per heavy atom. The summed E-state index contributed by atoms with van der Waals surface area (Å²) in [6.07, 6.45) is -0.0919. The molecule has 1 amide bonds. The molecule has 2 aromatic carbocycles. The van der Waals surface area contributed by atoms with E-state index in [4.69, 9.17) is 5.73 Å². The summed E-state index contributed by atoms with van der Waals surface area (Å²) in [5, 5.41) is 32.6. The van der Waals surface area contributed by atoms with Crippen LogP contribution in [0.1, 0.15) is 54.1 Å². The summed E-state index contributed by atoms with van der Waals surface area (Å²) in [6, 6.07) is 7.96. The number of phenolic OH excluding ortho intramolecular Hbond substituents is 2. The van der Waals surface area contributed by atoms with Crippen LogP contribution in [0.4, 0.5) is 0 Å². The van der Waals surface area contributed by atoms with Gasteiger partial charge in [-0.3, -0.25) is 24.0 Å². The second-order valence-electron chi connectivity index (χ2n) is 10.7. The normalized spacial score (nSPS) is 29.1. The zero-order valence-corrected chi connectivity index (χ0v) is 20.4. The molecule has 5 atom stereocenters. The number of amides is 1. The van der Waals surface area contributed by atoms with E-state index in [1.54, 1.807) is 18.2 Å². The predicted octanol–water partition coefficient (Wildman–Crippen LogP) is 1.82. The molecule has 5 rings (SSSR count). The SMILES string of the molecule is CC(C)c1cc(-c2cccc(O)c2)c(O)c2c1C[C@H]1C[C@H]3CC(=O)C(C(N)=O)C(=O)[C@@]3(O)C(=O)C1C2=O. The first-order chi connectivity index (χ1) is 17.4. The summed E-state index contributed by atoms with van der Waals surface area (Å²) in [5.41, 5.74) is 4.64. The fourth-order valence-corrected chi connectivity index (χ4v) is 6.47. The maximum absolute atomic E-state index is 13.9. The van der Waals surface area contributed by atoms with Gasteiger partial charge in [0.25, 0.3) is 0 Å². The first-order valence-corrected chi connectivity index (χ1v) is 12.2. The molecule has 37 heavy (non-hydrogen) atoms. The zero-order chi connectivity index (χ0) is 27.0. The van der Waals surface area contributed by atoms with E-state index in [1.807, 2.05) is 13.8 Å². The molecule has 2 fully saturated rings. The molecule has 2 unspecified atom stereocenters. The Labute approximate surface area is 212 Å². The molecule has 0 radical (unpaired) electrons. The minimum Gasteiger partial charge on any atom is -0.508 e. The van der Waals surface area contributed by atoms with Gasteiger partial charge in [0.05, 0.1) is 11.5 Å². The molecule has 5 N–H and O–H groups in total. The van der Waals surface area contributed by atoms with Crippen LogP contribution in [0.5, 0.6) is 11.5 Å². The zero-order valence-electron chi connectivity index (χ0n) is 20.4. The van der Waals surface area contributed by atoms with Crippen molar-refractivity contribution in [3.8, 4) is 22.6 Å². The van der Waals surface area contributed by atoms with E-state index in [0.717, 1.165) is 5.56 Å². The molecule has 0 spiro atoms. The number of carbonyl (C=O) groups excluding carboxylic acids is 5. The van der Waals surface area contributed by atoms with Gasteiger partial charge in [0.1, 0.15) is 11.5 Å². The Morgan fingerprint density at radius 2 is 1.76 bits per heavy atom. The minimum atomic E-state index is -2.68. The number of hydrogen-bond donors (Lipinski definition) is 4. The number of fused-ring (bicyclic) bond motifs is 3. The first kappa shape index (κ1) is 24.8. The van der Waals surface area contributed by atoms with Crippen LogP contribution in [0.2, 0.25) is 0 Å². The van der Waals surface area contributed by atoms with Crippen molar-refractivity contribution in [3.63, 3.8) is 0 Å². The maximum Gasteiger partial charge on any atom is 0.235 e. The quantitative estimate of drug-likeness (QED) is 0.457. The van der Waals surface area contributed by atoms with Crippen molar-refractivity contribution in [3.05, 3.63) is 47.0 Å². The summed E-state index contributed by atoms with van der Waals surface area (Å²) < 4.78 is 0. The molecule has 3 aliphatic carbocycles. The highest BCUT2D eigenvalue weighted by atomic mass is 16.3. The van der Waals surface area contributed by atoms with Gasteiger partial charge in [0.15, 0.2) is 34.7 Å². The molecule has 0 aromatic heterocycles. The van der Waals surface area contributed by atoms with E-state index in [9.17, 15) is 39.3 Å². The highest BCUT2D eigenvalue weighted by Crippen LogP contribution is 2.52. The van der Waals surface area contributed by atoms with E-state index in [2.05, 4.69) is 0 Å². The van der Waals surface area contributed by atoms with E-state index in [0.29, 0.717) is 16.7 Å². The molecule has 0 aliphatic heterocycles. The van der Waals surface area contributed by atoms with Crippen LogP contribution in [0.3, 0.4) is 0 Å². The van der Waals surface area contributed by atoms with Crippen molar-refractivity contribution in [1.29, 1.82) is 0 Å². The number of hydrogen-bond acceptors (Lipinski definition) is 8. The number of Topliss-reactive ketones (excluding diaryl/α,β-unsaturated/α-hetero) is 4. The van der Waals surface area contributed by atoms with Crippen LogP contribution in [0, 0.1) is 23.7 Å². The fourth-order valence-electron chi connectivity index (χ4n) is 6.47. The Balaban J connectivity index is 1.66. The number of aliphatic hydroxyl groups is 1. The number of aromatic hydroxyl groups is 2. The number of benzene rings is 2. The molecule has 9 nitrogen and oxygen atoms in total. The lowest BCUT2D eigenvalue weighted by molar-refractivity contribution is -0.175.